The molecule has 0 spiro atoms. The number of rotatable bonds is 10. The second-order valence-corrected chi connectivity index (χ2v) is 9.59. The molecule has 0 radical (unpaired) electrons. The summed E-state index contributed by atoms with van der Waals surface area (Å²) in [5, 5.41) is 8.50. The fraction of sp³-hybridized carbons (Fsp3) is 0.433. The van der Waals surface area contributed by atoms with Crippen LogP contribution in [0.25, 0.3) is 17.7 Å². The van der Waals surface area contributed by atoms with Crippen LogP contribution in [0.2, 0.25) is 0 Å². The van der Waals surface area contributed by atoms with Crippen LogP contribution in [-0.2, 0) is 4.79 Å². The molecule has 4 rings (SSSR count). The summed E-state index contributed by atoms with van der Waals surface area (Å²) in [6.45, 7) is 3.51. The van der Waals surface area contributed by atoms with E-state index in [0.717, 1.165) is 38.8 Å². The number of fused-ring (bicyclic) bond motifs is 2. The van der Waals surface area contributed by atoms with Gasteiger partial charge in [-0.2, -0.15) is 0 Å². The first-order valence-electron chi connectivity index (χ1n) is 13.0. The molecule has 2 aromatic rings. The first kappa shape index (κ1) is 24.4. The summed E-state index contributed by atoms with van der Waals surface area (Å²) in [5.74, 6) is -0.274. The number of carbonyl (C=O) groups is 1. The van der Waals surface area contributed by atoms with Gasteiger partial charge in [0.05, 0.1) is 0 Å². The minimum atomic E-state index is -0.274. The Morgan fingerprint density at radius 1 is 0.765 bits per heavy atom. The fourth-order valence-corrected chi connectivity index (χ4v) is 5.30. The van der Waals surface area contributed by atoms with Crippen molar-refractivity contribution >= 4 is 23.6 Å². The molecule has 4 nitrogen and oxygen atoms in total. The molecule has 0 aromatic heterocycles. The van der Waals surface area contributed by atoms with E-state index in [4.69, 9.17) is 5.21 Å². The van der Waals surface area contributed by atoms with Crippen molar-refractivity contribution in [2.75, 3.05) is 19.6 Å². The second-order valence-electron chi connectivity index (χ2n) is 9.59. The number of carbonyl (C=O) groups excluding carboxylic acids is 1. The van der Waals surface area contributed by atoms with Gasteiger partial charge in [-0.15, -0.1) is 0 Å². The third-order valence-corrected chi connectivity index (χ3v) is 7.22. The van der Waals surface area contributed by atoms with Crippen LogP contribution in [0.15, 0.2) is 54.1 Å². The molecule has 1 amide bonds. The maximum atomic E-state index is 11.0. The second kappa shape index (κ2) is 12.7. The van der Waals surface area contributed by atoms with Crippen molar-refractivity contribution in [3.8, 4) is 0 Å². The van der Waals surface area contributed by atoms with E-state index >= 15 is 0 Å². The topological polar surface area (TPSA) is 52.6 Å². The lowest BCUT2D eigenvalue weighted by molar-refractivity contribution is -0.129. The SMILES string of the molecule is O=C(CCCCCCCCCN1CCC(=C2c3ccccc3C=Cc3ccccc32)CC1)NO. The van der Waals surface area contributed by atoms with Crippen LogP contribution in [-0.4, -0.2) is 35.6 Å². The van der Waals surface area contributed by atoms with Gasteiger partial charge in [0.2, 0.25) is 5.91 Å². The summed E-state index contributed by atoms with van der Waals surface area (Å²) in [5.41, 5.74) is 10.2. The minimum Gasteiger partial charge on any atom is -0.303 e. The molecular formula is C30H38N2O2. The number of nitrogens with one attached hydrogen (secondary N) is 1. The van der Waals surface area contributed by atoms with E-state index in [1.807, 2.05) is 0 Å². The van der Waals surface area contributed by atoms with Gasteiger partial charge in [0.25, 0.3) is 0 Å². The molecule has 34 heavy (non-hydrogen) atoms. The number of piperidine rings is 1. The molecular weight excluding hydrogens is 420 g/mol. The van der Waals surface area contributed by atoms with E-state index in [9.17, 15) is 4.79 Å². The van der Waals surface area contributed by atoms with Crippen LogP contribution in [0.4, 0.5) is 0 Å². The van der Waals surface area contributed by atoms with Gasteiger partial charge in [-0.05, 0) is 60.1 Å². The lowest BCUT2D eigenvalue weighted by Crippen LogP contribution is -2.32. The smallest absolute Gasteiger partial charge is 0.243 e. The van der Waals surface area contributed by atoms with Gasteiger partial charge >= 0.3 is 0 Å². The summed E-state index contributed by atoms with van der Waals surface area (Å²) in [6.07, 6.45) is 15.4. The summed E-state index contributed by atoms with van der Waals surface area (Å²) >= 11 is 0. The van der Waals surface area contributed by atoms with Crippen molar-refractivity contribution in [3.05, 3.63) is 76.4 Å². The van der Waals surface area contributed by atoms with Crippen molar-refractivity contribution in [1.82, 2.24) is 10.4 Å². The molecule has 1 aliphatic carbocycles. The number of hydroxylamine groups is 1. The van der Waals surface area contributed by atoms with Crippen molar-refractivity contribution < 1.29 is 10.0 Å². The first-order valence-corrected chi connectivity index (χ1v) is 13.0. The number of benzene rings is 2. The van der Waals surface area contributed by atoms with E-state index in [-0.39, 0.29) is 5.91 Å². The average Bonchev–Trinajstić information content (AvgIpc) is 3.05. The summed E-state index contributed by atoms with van der Waals surface area (Å²) in [7, 11) is 0. The normalized spacial score (nSPS) is 15.6. The highest BCUT2D eigenvalue weighted by atomic mass is 16.5. The Bertz CT molecular complexity index is 962. The molecule has 1 heterocycles. The van der Waals surface area contributed by atoms with Gasteiger partial charge in [0.1, 0.15) is 0 Å². The van der Waals surface area contributed by atoms with Gasteiger partial charge < -0.3 is 4.90 Å². The Labute approximate surface area is 204 Å². The van der Waals surface area contributed by atoms with Crippen LogP contribution < -0.4 is 5.48 Å². The summed E-state index contributed by atoms with van der Waals surface area (Å²) < 4.78 is 0. The molecule has 0 saturated carbocycles. The van der Waals surface area contributed by atoms with E-state index < -0.39 is 0 Å². The standard InChI is InChI=1S/C30H38N2O2/c33-29(31-34)16-6-4-2-1-3-5-11-21-32-22-19-26(20-23-32)30-27-14-9-7-12-24(27)17-18-25-13-8-10-15-28(25)30/h7-10,12-15,17-18,34H,1-6,11,16,19-23H2,(H,31,33). The predicted octanol–water partition coefficient (Wildman–Crippen LogP) is 6.69. The van der Waals surface area contributed by atoms with E-state index in [1.165, 1.54) is 66.5 Å². The zero-order valence-electron chi connectivity index (χ0n) is 20.3. The van der Waals surface area contributed by atoms with Crippen molar-refractivity contribution in [1.29, 1.82) is 0 Å². The Kier molecular flexibility index (Phi) is 9.12. The molecule has 4 heteroatoms. The Morgan fingerprint density at radius 3 is 1.88 bits per heavy atom. The van der Waals surface area contributed by atoms with Crippen molar-refractivity contribution in [2.24, 2.45) is 0 Å². The van der Waals surface area contributed by atoms with Gasteiger partial charge in [-0.25, -0.2) is 5.48 Å². The van der Waals surface area contributed by atoms with Crippen LogP contribution in [0, 0.1) is 0 Å². The minimum absolute atomic E-state index is 0.274. The molecule has 1 aliphatic heterocycles. The summed E-state index contributed by atoms with van der Waals surface area (Å²) in [6, 6.07) is 17.7. The van der Waals surface area contributed by atoms with E-state index in [1.54, 1.807) is 11.1 Å². The Hall–Kier alpha value is -2.69. The molecule has 0 bridgehead atoms. The molecule has 0 atom stereocenters. The van der Waals surface area contributed by atoms with Gasteiger partial charge in [0, 0.05) is 19.5 Å². The molecule has 1 saturated heterocycles. The lowest BCUT2D eigenvalue weighted by Gasteiger charge is -2.30. The number of nitrogens with zero attached hydrogens (tertiary/aromatic N) is 1. The largest absolute Gasteiger partial charge is 0.303 e. The monoisotopic (exact) mass is 458 g/mol. The number of unbranched alkanes of at least 4 members (excludes halogenated alkanes) is 6. The van der Waals surface area contributed by atoms with Crippen LogP contribution in [0.1, 0.15) is 86.5 Å². The van der Waals surface area contributed by atoms with Gasteiger partial charge in [-0.3, -0.25) is 10.0 Å². The third kappa shape index (κ3) is 6.46. The molecule has 180 valence electrons. The Morgan fingerprint density at radius 2 is 1.29 bits per heavy atom. The zero-order chi connectivity index (χ0) is 23.6. The number of likely N-dealkylation sites (tertiary alicyclic amines) is 1. The van der Waals surface area contributed by atoms with Crippen molar-refractivity contribution in [2.45, 2.75) is 64.2 Å². The van der Waals surface area contributed by atoms with E-state index in [2.05, 4.69) is 65.6 Å². The number of amides is 1. The van der Waals surface area contributed by atoms with Gasteiger partial charge in [0.15, 0.2) is 0 Å². The van der Waals surface area contributed by atoms with Crippen molar-refractivity contribution in [3.63, 3.8) is 0 Å². The number of hydrogen-bond donors (Lipinski definition) is 2. The van der Waals surface area contributed by atoms with Crippen LogP contribution >= 0.6 is 0 Å². The highest BCUT2D eigenvalue weighted by Gasteiger charge is 2.22. The first-order chi connectivity index (χ1) is 16.8. The average molecular weight is 459 g/mol. The molecule has 0 unspecified atom stereocenters. The van der Waals surface area contributed by atoms with Gasteiger partial charge in [-0.1, -0.05) is 98.4 Å². The Balaban J connectivity index is 1.25. The highest BCUT2D eigenvalue weighted by Crippen LogP contribution is 2.38. The maximum Gasteiger partial charge on any atom is 0.243 e. The molecule has 1 fully saturated rings. The van der Waals surface area contributed by atoms with Crippen LogP contribution in [0.3, 0.4) is 0 Å². The maximum absolute atomic E-state index is 11.0. The number of hydrogen-bond acceptors (Lipinski definition) is 3. The highest BCUT2D eigenvalue weighted by molar-refractivity contribution is 5.94. The predicted molar refractivity (Wildman–Crippen MR) is 140 cm³/mol. The molecule has 2 aromatic carbocycles. The third-order valence-electron chi connectivity index (χ3n) is 7.22. The zero-order valence-corrected chi connectivity index (χ0v) is 20.3. The lowest BCUT2D eigenvalue weighted by atomic mass is 9.86. The molecule has 2 aliphatic rings. The van der Waals surface area contributed by atoms with Crippen LogP contribution in [0.5, 0.6) is 0 Å². The quantitative estimate of drug-likeness (QED) is 0.202. The summed E-state index contributed by atoms with van der Waals surface area (Å²) in [4.78, 5) is 13.6. The van der Waals surface area contributed by atoms with E-state index in [0.29, 0.717) is 6.42 Å². The molecule has 2 N–H and O–H groups in total. The fourth-order valence-electron chi connectivity index (χ4n) is 5.30.